The third-order valence-corrected chi connectivity index (χ3v) is 2.09. The van der Waals surface area contributed by atoms with Gasteiger partial charge >= 0.3 is 0 Å². The Morgan fingerprint density at radius 3 is 3.20 bits per heavy atom. The summed E-state index contributed by atoms with van der Waals surface area (Å²) in [4.78, 5) is 0. The molecule has 0 radical (unpaired) electrons. The number of benzene rings is 1. The summed E-state index contributed by atoms with van der Waals surface area (Å²) < 4.78 is 49.3. The molecule has 0 aliphatic carbocycles. The van der Waals surface area contributed by atoms with Gasteiger partial charge in [0.15, 0.2) is 11.5 Å². The van der Waals surface area contributed by atoms with E-state index in [1.807, 2.05) is 0 Å². The Bertz CT molecular complexity index is 489. The maximum atomic E-state index is 8.19. The second kappa shape index (κ2) is 4.53. The average Bonchev–Trinajstić information content (AvgIpc) is 2.81. The maximum absolute atomic E-state index is 8.19. The van der Waals surface area contributed by atoms with E-state index in [0.717, 1.165) is 0 Å². The summed E-state index contributed by atoms with van der Waals surface area (Å²) in [5, 5.41) is 2.72. The molecular weight excluding hydrogens is 190 g/mol. The van der Waals surface area contributed by atoms with Crippen molar-refractivity contribution in [1.82, 2.24) is 5.32 Å². The van der Waals surface area contributed by atoms with Crippen molar-refractivity contribution in [2.24, 2.45) is 0 Å². The second-order valence-corrected chi connectivity index (χ2v) is 3.20. The van der Waals surface area contributed by atoms with Crippen LogP contribution in [0.5, 0.6) is 11.5 Å². The minimum Gasteiger partial charge on any atom is -0.454 e. The Kier molecular flexibility index (Phi) is 1.74. The Morgan fingerprint density at radius 2 is 2.40 bits per heavy atom. The predicted octanol–water partition coefficient (Wildman–Crippen LogP) is 1.96. The fraction of sp³-hybridized carbons (Fsp3) is 0.500. The first kappa shape index (κ1) is 5.75. The van der Waals surface area contributed by atoms with Gasteiger partial charge in [0.2, 0.25) is 6.79 Å². The van der Waals surface area contributed by atoms with E-state index in [1.165, 1.54) is 12.1 Å². The monoisotopic (exact) mass is 212 g/mol. The molecule has 0 bridgehead atoms. The summed E-state index contributed by atoms with van der Waals surface area (Å²) >= 11 is 0. The van der Waals surface area contributed by atoms with Gasteiger partial charge in [-0.05, 0) is 37.5 Å². The van der Waals surface area contributed by atoms with Crippen LogP contribution in [0.3, 0.4) is 0 Å². The number of ether oxygens (including phenoxy) is 2. The fourth-order valence-corrected chi connectivity index (χ4v) is 1.41. The highest BCUT2D eigenvalue weighted by atomic mass is 16.7. The summed E-state index contributed by atoms with van der Waals surface area (Å²) in [5.74, 6) is 0.977. The molecule has 3 nitrogen and oxygen atoms in total. The number of hydrogen-bond donors (Lipinski definition) is 1. The third kappa shape index (κ3) is 2.42. The summed E-state index contributed by atoms with van der Waals surface area (Å²) in [5.41, 5.74) is 0.254. The van der Waals surface area contributed by atoms with Gasteiger partial charge in [-0.3, -0.25) is 0 Å². The average molecular weight is 212 g/mol. The van der Waals surface area contributed by atoms with E-state index < -0.39 is 19.3 Å². The Balaban J connectivity index is 2.37. The van der Waals surface area contributed by atoms with Crippen LogP contribution in [-0.2, 0) is 6.37 Å². The van der Waals surface area contributed by atoms with Crippen molar-refractivity contribution >= 4 is 0 Å². The molecule has 0 saturated carbocycles. The molecule has 2 rings (SSSR count). The van der Waals surface area contributed by atoms with Gasteiger partial charge in [0.05, 0.1) is 0 Å². The Hall–Kier alpha value is -1.22. The molecular formula is C12H17NO2. The van der Waals surface area contributed by atoms with Gasteiger partial charge in [-0.2, -0.15) is 0 Å². The molecule has 0 saturated heterocycles. The third-order valence-electron chi connectivity index (χ3n) is 2.09. The van der Waals surface area contributed by atoms with Crippen LogP contribution in [0.25, 0.3) is 0 Å². The molecule has 15 heavy (non-hydrogen) atoms. The van der Waals surface area contributed by atoms with Crippen LogP contribution < -0.4 is 14.8 Å². The number of fused-ring (bicyclic) bond motifs is 1. The molecule has 1 aromatic carbocycles. The van der Waals surface area contributed by atoms with Crippen molar-refractivity contribution in [3.63, 3.8) is 0 Å². The summed E-state index contributed by atoms with van der Waals surface area (Å²) in [7, 11) is 0. The molecule has 82 valence electrons. The van der Waals surface area contributed by atoms with Gasteiger partial charge in [0, 0.05) is 12.9 Å². The van der Waals surface area contributed by atoms with Crippen molar-refractivity contribution in [2.45, 2.75) is 26.2 Å². The Labute approximate surface area is 97.4 Å². The van der Waals surface area contributed by atoms with Crippen molar-refractivity contribution in [2.75, 3.05) is 13.3 Å². The molecule has 1 N–H and O–H groups in total. The van der Waals surface area contributed by atoms with Crippen molar-refractivity contribution in [3.8, 4) is 11.5 Å². The highest BCUT2D eigenvalue weighted by Crippen LogP contribution is 2.32. The Morgan fingerprint density at radius 1 is 1.53 bits per heavy atom. The maximum Gasteiger partial charge on any atom is 0.231 e. The minimum absolute atomic E-state index is 0.0949. The van der Waals surface area contributed by atoms with Crippen molar-refractivity contribution < 1.29 is 16.3 Å². The molecule has 0 spiro atoms. The lowest BCUT2D eigenvalue weighted by molar-refractivity contribution is 0.174. The largest absolute Gasteiger partial charge is 0.454 e. The molecule has 1 aliphatic heterocycles. The van der Waals surface area contributed by atoms with E-state index in [1.54, 1.807) is 13.0 Å². The topological polar surface area (TPSA) is 30.5 Å². The molecule has 1 heterocycles. The molecule has 1 atom stereocenters. The molecule has 0 aromatic heterocycles. The highest BCUT2D eigenvalue weighted by molar-refractivity contribution is 5.44. The summed E-state index contributed by atoms with van der Waals surface area (Å²) in [6.45, 7) is -0.241. The first-order valence-corrected chi connectivity index (χ1v) is 4.90. The van der Waals surface area contributed by atoms with Crippen LogP contribution in [0.15, 0.2) is 18.2 Å². The van der Waals surface area contributed by atoms with Crippen molar-refractivity contribution in [3.05, 3.63) is 23.8 Å². The van der Waals surface area contributed by atoms with Gasteiger partial charge in [-0.15, -0.1) is 0 Å². The number of nitrogens with one attached hydrogen (secondary N) is 1. The second-order valence-electron chi connectivity index (χ2n) is 3.20. The van der Waals surface area contributed by atoms with Gasteiger partial charge in [0.1, 0.15) is 0 Å². The molecule has 0 fully saturated rings. The van der Waals surface area contributed by atoms with Gasteiger partial charge in [0.25, 0.3) is 0 Å². The normalized spacial score (nSPS) is 22.1. The zero-order chi connectivity index (χ0) is 15.0. The SMILES string of the molecule is [2H]C([2H])([2H])C(NCC)C([2H])([2H])c1ccc2c(c1)OCO2. The number of hydrogen-bond acceptors (Lipinski definition) is 3. The number of likely N-dealkylation sites (N-methyl/N-ethyl adjacent to an activating group) is 1. The van der Waals surface area contributed by atoms with Gasteiger partial charge < -0.3 is 14.8 Å². The van der Waals surface area contributed by atoms with E-state index in [9.17, 15) is 0 Å². The van der Waals surface area contributed by atoms with Crippen molar-refractivity contribution in [1.29, 1.82) is 0 Å². The first-order valence-electron chi connectivity index (χ1n) is 7.40. The van der Waals surface area contributed by atoms with Crippen LogP contribution in [0.4, 0.5) is 0 Å². The highest BCUT2D eigenvalue weighted by Gasteiger charge is 2.13. The van der Waals surface area contributed by atoms with Crippen LogP contribution >= 0.6 is 0 Å². The van der Waals surface area contributed by atoms with Crippen LogP contribution in [0, 0.1) is 0 Å². The van der Waals surface area contributed by atoms with E-state index in [-0.39, 0.29) is 12.4 Å². The number of rotatable bonds is 4. The lowest BCUT2D eigenvalue weighted by Gasteiger charge is -2.12. The van der Waals surface area contributed by atoms with Crippen LogP contribution in [0.2, 0.25) is 0 Å². The van der Waals surface area contributed by atoms with Crippen LogP contribution in [0.1, 0.15) is 26.2 Å². The minimum atomic E-state index is -2.45. The van der Waals surface area contributed by atoms with E-state index in [2.05, 4.69) is 5.32 Å². The lowest BCUT2D eigenvalue weighted by Crippen LogP contribution is -2.27. The fourth-order valence-electron chi connectivity index (χ4n) is 1.41. The summed E-state index contributed by atoms with van der Waals surface area (Å²) in [6.07, 6.45) is -2.05. The quantitative estimate of drug-likeness (QED) is 0.827. The van der Waals surface area contributed by atoms with Gasteiger partial charge in [-0.25, -0.2) is 0 Å². The molecule has 0 amide bonds. The van der Waals surface area contributed by atoms with Crippen LogP contribution in [-0.4, -0.2) is 19.4 Å². The predicted molar refractivity (Wildman–Crippen MR) is 59.4 cm³/mol. The molecule has 1 aliphatic rings. The molecule has 3 heteroatoms. The van der Waals surface area contributed by atoms with E-state index in [4.69, 9.17) is 16.3 Å². The van der Waals surface area contributed by atoms with E-state index >= 15 is 0 Å². The standard InChI is InChI=1S/C12H17NO2/c1-3-13-9(2)6-10-4-5-11-12(7-10)15-8-14-11/h4-5,7,9,13H,3,6,8H2,1-2H3/i2D3,6D2. The lowest BCUT2D eigenvalue weighted by atomic mass is 10.1. The first-order chi connectivity index (χ1) is 9.26. The smallest absolute Gasteiger partial charge is 0.231 e. The molecule has 1 unspecified atom stereocenters. The zero-order valence-corrected chi connectivity index (χ0v) is 8.54. The summed E-state index contributed by atoms with van der Waals surface area (Å²) in [6, 6.07) is 3.33. The zero-order valence-electron chi connectivity index (χ0n) is 13.5. The molecule has 1 aromatic rings. The van der Waals surface area contributed by atoms with Gasteiger partial charge in [-0.1, -0.05) is 13.0 Å². The van der Waals surface area contributed by atoms with E-state index in [0.29, 0.717) is 18.0 Å².